The van der Waals surface area contributed by atoms with Gasteiger partial charge in [-0.1, -0.05) is 30.3 Å². The first kappa shape index (κ1) is 16.6. The molecular formula is C19H20N2O2. The molecule has 0 N–H and O–H groups in total. The molecule has 0 bridgehead atoms. The molecule has 0 saturated heterocycles. The van der Waals surface area contributed by atoms with Crippen molar-refractivity contribution in [1.82, 2.24) is 0 Å². The Labute approximate surface area is 136 Å². The first-order valence-corrected chi connectivity index (χ1v) is 7.58. The molecule has 0 saturated carbocycles. The lowest BCUT2D eigenvalue weighted by Gasteiger charge is -2.23. The van der Waals surface area contributed by atoms with E-state index in [1.165, 1.54) is 0 Å². The number of hydrogen-bond donors (Lipinski definition) is 0. The van der Waals surface area contributed by atoms with Gasteiger partial charge in [0, 0.05) is 12.2 Å². The van der Waals surface area contributed by atoms with Crippen molar-refractivity contribution in [2.24, 2.45) is 5.92 Å². The molecule has 4 heteroatoms. The molecule has 0 fully saturated rings. The first-order chi connectivity index (χ1) is 11.2. The van der Waals surface area contributed by atoms with Gasteiger partial charge in [0.1, 0.15) is 11.7 Å². The monoisotopic (exact) mass is 308 g/mol. The first-order valence-electron chi connectivity index (χ1n) is 7.58. The highest BCUT2D eigenvalue weighted by atomic mass is 16.5. The Bertz CT molecular complexity index is 675. The molecule has 1 amide bonds. The van der Waals surface area contributed by atoms with Crippen LogP contribution in [0.25, 0.3) is 0 Å². The third-order valence-corrected chi connectivity index (χ3v) is 3.70. The minimum Gasteiger partial charge on any atom is -0.497 e. The third-order valence-electron chi connectivity index (χ3n) is 3.70. The Morgan fingerprint density at radius 2 is 1.83 bits per heavy atom. The molecule has 2 aromatic rings. The predicted octanol–water partition coefficient (Wildman–Crippen LogP) is 3.43. The van der Waals surface area contributed by atoms with Crippen molar-refractivity contribution in [3.05, 3.63) is 60.2 Å². The molecule has 118 valence electrons. The van der Waals surface area contributed by atoms with Crippen molar-refractivity contribution in [1.29, 1.82) is 5.26 Å². The zero-order valence-electron chi connectivity index (χ0n) is 13.4. The molecule has 0 heterocycles. The normalized spacial score (nSPS) is 11.3. The Balaban J connectivity index is 2.15. The summed E-state index contributed by atoms with van der Waals surface area (Å²) in [7, 11) is 1.61. The van der Waals surface area contributed by atoms with Crippen LogP contribution >= 0.6 is 0 Å². The zero-order valence-corrected chi connectivity index (χ0v) is 13.4. The van der Waals surface area contributed by atoms with E-state index in [9.17, 15) is 10.1 Å². The molecule has 2 aromatic carbocycles. The van der Waals surface area contributed by atoms with Crippen LogP contribution in [0.4, 0.5) is 5.69 Å². The number of nitrogens with zero attached hydrogens (tertiary/aromatic N) is 2. The topological polar surface area (TPSA) is 53.3 Å². The van der Waals surface area contributed by atoms with Crippen molar-refractivity contribution >= 4 is 11.6 Å². The van der Waals surface area contributed by atoms with E-state index in [2.05, 4.69) is 6.07 Å². The van der Waals surface area contributed by atoms with Gasteiger partial charge in [0.25, 0.3) is 0 Å². The van der Waals surface area contributed by atoms with Crippen LogP contribution in [0.15, 0.2) is 54.6 Å². The van der Waals surface area contributed by atoms with Gasteiger partial charge in [-0.3, -0.25) is 4.79 Å². The van der Waals surface area contributed by atoms with Gasteiger partial charge in [-0.05, 0) is 43.2 Å². The number of para-hydroxylation sites is 1. The number of amides is 1. The fourth-order valence-electron chi connectivity index (χ4n) is 2.45. The van der Waals surface area contributed by atoms with E-state index in [0.29, 0.717) is 13.0 Å². The highest BCUT2D eigenvalue weighted by Gasteiger charge is 2.24. The van der Waals surface area contributed by atoms with Crippen LogP contribution in [0.3, 0.4) is 0 Å². The zero-order chi connectivity index (χ0) is 16.7. The third kappa shape index (κ3) is 4.10. The minimum atomic E-state index is -0.705. The number of anilines is 1. The quantitative estimate of drug-likeness (QED) is 0.821. The molecule has 0 spiro atoms. The second kappa shape index (κ2) is 8.00. The van der Waals surface area contributed by atoms with Crippen LogP contribution in [0.2, 0.25) is 0 Å². The van der Waals surface area contributed by atoms with Crippen LogP contribution < -0.4 is 9.64 Å². The Hall–Kier alpha value is -2.80. The highest BCUT2D eigenvalue weighted by Crippen LogP contribution is 2.19. The van der Waals surface area contributed by atoms with E-state index in [-0.39, 0.29) is 5.91 Å². The number of benzene rings is 2. The van der Waals surface area contributed by atoms with Gasteiger partial charge in [-0.25, -0.2) is 0 Å². The van der Waals surface area contributed by atoms with Crippen molar-refractivity contribution in [3.8, 4) is 11.8 Å². The molecule has 1 atom stereocenters. The molecule has 0 aliphatic rings. The van der Waals surface area contributed by atoms with Crippen molar-refractivity contribution in [2.75, 3.05) is 18.6 Å². The molecule has 0 aliphatic carbocycles. The van der Waals surface area contributed by atoms with E-state index in [0.717, 1.165) is 17.0 Å². The smallest absolute Gasteiger partial charge is 0.244 e. The fourth-order valence-corrected chi connectivity index (χ4v) is 2.45. The van der Waals surface area contributed by atoms with E-state index >= 15 is 0 Å². The summed E-state index contributed by atoms with van der Waals surface area (Å²) in [5.41, 5.74) is 1.75. The number of carbonyl (C=O) groups is 1. The lowest BCUT2D eigenvalue weighted by Crippen LogP contribution is -2.36. The summed E-state index contributed by atoms with van der Waals surface area (Å²) in [6.07, 6.45) is 0.392. The number of rotatable bonds is 6. The predicted molar refractivity (Wildman–Crippen MR) is 90.3 cm³/mol. The van der Waals surface area contributed by atoms with Gasteiger partial charge < -0.3 is 9.64 Å². The maximum atomic E-state index is 12.7. The lowest BCUT2D eigenvalue weighted by atomic mass is 9.99. The fraction of sp³-hybridized carbons (Fsp3) is 0.263. The molecule has 23 heavy (non-hydrogen) atoms. The summed E-state index contributed by atoms with van der Waals surface area (Å²) in [5, 5.41) is 9.43. The number of methoxy groups -OCH3 is 1. The van der Waals surface area contributed by atoms with Crippen LogP contribution in [-0.4, -0.2) is 19.6 Å². The van der Waals surface area contributed by atoms with Crippen molar-refractivity contribution in [3.63, 3.8) is 0 Å². The van der Waals surface area contributed by atoms with Crippen molar-refractivity contribution < 1.29 is 9.53 Å². The summed E-state index contributed by atoms with van der Waals surface area (Å²) in [5.74, 6) is -0.117. The van der Waals surface area contributed by atoms with Crippen LogP contribution in [-0.2, 0) is 11.2 Å². The summed E-state index contributed by atoms with van der Waals surface area (Å²) in [6.45, 7) is 2.44. The number of hydrogen-bond acceptors (Lipinski definition) is 3. The Morgan fingerprint density at radius 3 is 2.35 bits per heavy atom. The molecule has 0 aromatic heterocycles. The lowest BCUT2D eigenvalue weighted by molar-refractivity contribution is -0.120. The van der Waals surface area contributed by atoms with Crippen molar-refractivity contribution in [2.45, 2.75) is 13.3 Å². The summed E-state index contributed by atoms with van der Waals surface area (Å²) < 4.78 is 5.12. The van der Waals surface area contributed by atoms with Crippen LogP contribution in [0, 0.1) is 17.2 Å². The molecule has 1 unspecified atom stereocenters. The van der Waals surface area contributed by atoms with E-state index < -0.39 is 5.92 Å². The SMILES string of the molecule is CCN(C(=O)C(C#N)Cc1ccc(OC)cc1)c1ccccc1. The Morgan fingerprint density at radius 1 is 1.17 bits per heavy atom. The standard InChI is InChI=1S/C19H20N2O2/c1-3-21(17-7-5-4-6-8-17)19(22)16(14-20)13-15-9-11-18(23-2)12-10-15/h4-12,16H,3,13H2,1-2H3. The number of carbonyl (C=O) groups excluding carboxylic acids is 1. The van der Waals surface area contributed by atoms with Gasteiger partial charge in [0.15, 0.2) is 0 Å². The average molecular weight is 308 g/mol. The van der Waals surface area contributed by atoms with Crippen LogP contribution in [0.1, 0.15) is 12.5 Å². The van der Waals surface area contributed by atoms with Gasteiger partial charge in [0.05, 0.1) is 13.2 Å². The molecule has 0 radical (unpaired) electrons. The van der Waals surface area contributed by atoms with E-state index in [1.807, 2.05) is 61.5 Å². The molecule has 4 nitrogen and oxygen atoms in total. The van der Waals surface area contributed by atoms with Gasteiger partial charge in [-0.2, -0.15) is 5.26 Å². The largest absolute Gasteiger partial charge is 0.497 e. The molecular weight excluding hydrogens is 288 g/mol. The van der Waals surface area contributed by atoms with Gasteiger partial charge in [0.2, 0.25) is 5.91 Å². The second-order valence-corrected chi connectivity index (χ2v) is 5.15. The maximum absolute atomic E-state index is 12.7. The number of nitriles is 1. The maximum Gasteiger partial charge on any atom is 0.244 e. The summed E-state index contributed by atoms with van der Waals surface area (Å²) in [6, 6.07) is 19.0. The van der Waals surface area contributed by atoms with Gasteiger partial charge >= 0.3 is 0 Å². The molecule has 2 rings (SSSR count). The average Bonchev–Trinajstić information content (AvgIpc) is 2.61. The minimum absolute atomic E-state index is 0.169. The van der Waals surface area contributed by atoms with E-state index in [4.69, 9.17) is 4.74 Å². The van der Waals surface area contributed by atoms with Gasteiger partial charge in [-0.15, -0.1) is 0 Å². The summed E-state index contributed by atoms with van der Waals surface area (Å²) in [4.78, 5) is 14.4. The highest BCUT2D eigenvalue weighted by molar-refractivity contribution is 5.96. The Kier molecular flexibility index (Phi) is 5.76. The summed E-state index contributed by atoms with van der Waals surface area (Å²) >= 11 is 0. The van der Waals surface area contributed by atoms with Crippen LogP contribution in [0.5, 0.6) is 5.75 Å². The number of ether oxygens (including phenoxy) is 1. The van der Waals surface area contributed by atoms with E-state index in [1.54, 1.807) is 12.0 Å². The second-order valence-electron chi connectivity index (χ2n) is 5.15. The molecule has 0 aliphatic heterocycles.